The lowest BCUT2D eigenvalue weighted by Crippen LogP contribution is -2.03. The molecular weight excluding hydrogens is 369 g/mol. The Bertz CT molecular complexity index is 742. The average Bonchev–Trinajstić information content (AvgIpc) is 2.87. The quantitative estimate of drug-likeness (QED) is 0.679. The normalized spacial score (nSPS) is 10.7. The number of imidazole rings is 1. The van der Waals surface area contributed by atoms with E-state index in [1.54, 1.807) is 6.33 Å². The molecule has 0 amide bonds. The zero-order chi connectivity index (χ0) is 13.9. The van der Waals surface area contributed by atoms with Gasteiger partial charge in [0.05, 0.1) is 6.33 Å². The number of aromatic nitrogens is 4. The maximum atomic E-state index is 5.85. The smallest absolute Gasteiger partial charge is 0.250 e. The fourth-order valence-corrected chi connectivity index (χ4v) is 2.27. The highest BCUT2D eigenvalue weighted by atomic mass is 127. The molecule has 0 spiro atoms. The number of benzene rings is 1. The lowest BCUT2D eigenvalue weighted by molar-refractivity contribution is 0.467. The summed E-state index contributed by atoms with van der Waals surface area (Å²) in [5, 5.41) is 3.07. The first-order chi connectivity index (χ1) is 9.76. The second-order valence-corrected chi connectivity index (χ2v) is 5.29. The van der Waals surface area contributed by atoms with Crippen LogP contribution in [-0.4, -0.2) is 26.5 Å². The van der Waals surface area contributed by atoms with Gasteiger partial charge in [0.15, 0.2) is 5.65 Å². The summed E-state index contributed by atoms with van der Waals surface area (Å²) in [7, 11) is 0. The summed E-state index contributed by atoms with van der Waals surface area (Å²) in [6.07, 6.45) is 1.58. The van der Waals surface area contributed by atoms with Crippen molar-refractivity contribution < 1.29 is 4.74 Å². The Morgan fingerprint density at radius 2 is 2.25 bits per heavy atom. The molecule has 2 aromatic heterocycles. The first-order valence-electron chi connectivity index (χ1n) is 6.14. The Kier molecular flexibility index (Phi) is 3.68. The maximum Gasteiger partial charge on any atom is 0.250 e. The van der Waals surface area contributed by atoms with Crippen molar-refractivity contribution in [1.82, 2.24) is 19.9 Å². The van der Waals surface area contributed by atoms with Crippen LogP contribution in [-0.2, 0) is 0 Å². The first kappa shape index (κ1) is 13.1. The fraction of sp³-hybridized carbons (Fsp3) is 0.154. The van der Waals surface area contributed by atoms with Crippen LogP contribution in [0.15, 0.2) is 30.6 Å². The average molecular weight is 381 g/mol. The van der Waals surface area contributed by atoms with E-state index < -0.39 is 0 Å². The van der Waals surface area contributed by atoms with E-state index in [4.69, 9.17) is 4.74 Å². The molecule has 0 unspecified atom stereocenters. The van der Waals surface area contributed by atoms with E-state index in [1.165, 1.54) is 0 Å². The number of nitrogens with one attached hydrogen (secondary N) is 2. The van der Waals surface area contributed by atoms with Gasteiger partial charge in [-0.2, -0.15) is 9.97 Å². The molecular formula is C13H12IN5O. The molecule has 7 heteroatoms. The molecule has 0 aliphatic rings. The first-order valence-corrected chi connectivity index (χ1v) is 7.22. The van der Waals surface area contributed by atoms with Gasteiger partial charge in [-0.05, 0) is 47.7 Å². The molecule has 0 aliphatic carbocycles. The van der Waals surface area contributed by atoms with E-state index in [9.17, 15) is 0 Å². The van der Waals surface area contributed by atoms with Gasteiger partial charge in [0.25, 0.3) is 5.88 Å². The molecule has 3 rings (SSSR count). The molecule has 1 aromatic carbocycles. The predicted molar refractivity (Wildman–Crippen MR) is 85.1 cm³/mol. The van der Waals surface area contributed by atoms with Crippen molar-refractivity contribution in [2.45, 2.75) is 6.92 Å². The van der Waals surface area contributed by atoms with Crippen LogP contribution in [0.1, 0.15) is 6.92 Å². The third-order valence-corrected chi connectivity index (χ3v) is 3.27. The Labute approximate surface area is 129 Å². The molecule has 102 valence electrons. The van der Waals surface area contributed by atoms with Gasteiger partial charge >= 0.3 is 0 Å². The van der Waals surface area contributed by atoms with Gasteiger partial charge < -0.3 is 15.0 Å². The second kappa shape index (κ2) is 5.61. The van der Waals surface area contributed by atoms with Gasteiger partial charge in [-0.25, -0.2) is 4.98 Å². The fourth-order valence-electron chi connectivity index (χ4n) is 1.76. The lowest BCUT2D eigenvalue weighted by atomic mass is 10.3. The summed E-state index contributed by atoms with van der Waals surface area (Å²) in [6, 6.07) is 7.77. The van der Waals surface area contributed by atoms with Crippen LogP contribution in [0.25, 0.3) is 11.2 Å². The molecule has 0 aliphatic heterocycles. The number of rotatable bonds is 4. The minimum absolute atomic E-state index is 0.463. The summed E-state index contributed by atoms with van der Waals surface area (Å²) in [4.78, 5) is 15.8. The Hall–Kier alpha value is -1.90. The van der Waals surface area contributed by atoms with Crippen molar-refractivity contribution in [3.63, 3.8) is 0 Å². The van der Waals surface area contributed by atoms with E-state index in [2.05, 4.69) is 47.8 Å². The van der Waals surface area contributed by atoms with Crippen molar-refractivity contribution in [2.24, 2.45) is 0 Å². The van der Waals surface area contributed by atoms with Gasteiger partial charge in [0.2, 0.25) is 5.95 Å². The van der Waals surface area contributed by atoms with Gasteiger partial charge in [0.1, 0.15) is 11.3 Å². The Morgan fingerprint density at radius 1 is 1.35 bits per heavy atom. The zero-order valence-corrected chi connectivity index (χ0v) is 12.9. The van der Waals surface area contributed by atoms with E-state index >= 15 is 0 Å². The van der Waals surface area contributed by atoms with E-state index in [0.29, 0.717) is 23.0 Å². The number of fused-ring (bicyclic) bond motifs is 1. The van der Waals surface area contributed by atoms with Crippen LogP contribution >= 0.6 is 22.6 Å². The molecule has 0 bridgehead atoms. The molecule has 0 radical (unpaired) electrons. The van der Waals surface area contributed by atoms with Gasteiger partial charge in [-0.15, -0.1) is 0 Å². The molecule has 0 saturated heterocycles. The van der Waals surface area contributed by atoms with Crippen LogP contribution in [0.4, 0.5) is 5.95 Å². The zero-order valence-electron chi connectivity index (χ0n) is 10.7. The van der Waals surface area contributed by atoms with Crippen molar-refractivity contribution in [3.05, 3.63) is 34.2 Å². The predicted octanol–water partition coefficient (Wildman–Crippen LogP) is 3.18. The van der Waals surface area contributed by atoms with Gasteiger partial charge in [-0.1, -0.05) is 6.07 Å². The van der Waals surface area contributed by atoms with Crippen LogP contribution < -0.4 is 10.1 Å². The minimum Gasteiger partial charge on any atom is -0.437 e. The molecule has 0 fully saturated rings. The third kappa shape index (κ3) is 2.67. The second-order valence-electron chi connectivity index (χ2n) is 4.04. The number of H-pyrrole nitrogens is 1. The summed E-state index contributed by atoms with van der Waals surface area (Å²) < 4.78 is 6.95. The minimum atomic E-state index is 0.463. The summed E-state index contributed by atoms with van der Waals surface area (Å²) in [5.74, 6) is 1.70. The molecule has 0 saturated carbocycles. The highest BCUT2D eigenvalue weighted by Crippen LogP contribution is 2.27. The molecule has 3 aromatic rings. The lowest BCUT2D eigenvalue weighted by Gasteiger charge is -2.08. The Balaban J connectivity index is 2.02. The van der Waals surface area contributed by atoms with Crippen LogP contribution in [0, 0.1) is 3.57 Å². The van der Waals surface area contributed by atoms with Crippen LogP contribution in [0.2, 0.25) is 0 Å². The van der Waals surface area contributed by atoms with Crippen LogP contribution in [0.5, 0.6) is 11.6 Å². The largest absolute Gasteiger partial charge is 0.437 e. The molecule has 20 heavy (non-hydrogen) atoms. The summed E-state index contributed by atoms with van der Waals surface area (Å²) in [5.41, 5.74) is 1.27. The third-order valence-electron chi connectivity index (χ3n) is 2.60. The number of halogens is 1. The molecule has 0 atom stereocenters. The van der Waals surface area contributed by atoms with Crippen molar-refractivity contribution >= 4 is 39.7 Å². The molecule has 6 nitrogen and oxygen atoms in total. The monoisotopic (exact) mass is 381 g/mol. The van der Waals surface area contributed by atoms with Gasteiger partial charge in [-0.3, -0.25) is 0 Å². The van der Waals surface area contributed by atoms with Crippen molar-refractivity contribution in [3.8, 4) is 11.6 Å². The van der Waals surface area contributed by atoms with Crippen LogP contribution in [0.3, 0.4) is 0 Å². The highest BCUT2D eigenvalue weighted by Gasteiger charge is 2.11. The van der Waals surface area contributed by atoms with E-state index in [0.717, 1.165) is 15.9 Å². The number of ether oxygens (including phenoxy) is 1. The number of nitrogens with zero attached hydrogens (tertiary/aromatic N) is 3. The topological polar surface area (TPSA) is 75.7 Å². The summed E-state index contributed by atoms with van der Waals surface area (Å²) >= 11 is 2.24. The SMILES string of the molecule is CCNc1nc(Oc2cccc(I)c2)c2[nH]cnc2n1. The number of hydrogen-bond acceptors (Lipinski definition) is 5. The number of hydrogen-bond donors (Lipinski definition) is 2. The van der Waals surface area contributed by atoms with E-state index in [-0.39, 0.29) is 0 Å². The molecule has 2 N–H and O–H groups in total. The van der Waals surface area contributed by atoms with Crippen molar-refractivity contribution in [2.75, 3.05) is 11.9 Å². The standard InChI is InChI=1S/C13H12IN5O/c1-2-15-13-18-11-10(16-7-17-11)12(19-13)20-9-5-3-4-8(14)6-9/h3-7H,2H2,1H3,(H2,15,16,17,18,19). The number of aromatic amines is 1. The number of anilines is 1. The maximum absolute atomic E-state index is 5.85. The van der Waals surface area contributed by atoms with E-state index in [1.807, 2.05) is 31.2 Å². The van der Waals surface area contributed by atoms with Gasteiger partial charge in [0, 0.05) is 10.1 Å². The van der Waals surface area contributed by atoms with Crippen molar-refractivity contribution in [1.29, 1.82) is 0 Å². The Morgan fingerprint density at radius 3 is 3.05 bits per heavy atom. The highest BCUT2D eigenvalue weighted by molar-refractivity contribution is 14.1. The molecule has 2 heterocycles. The summed E-state index contributed by atoms with van der Waals surface area (Å²) in [6.45, 7) is 2.72.